The van der Waals surface area contributed by atoms with Crippen LogP contribution in [0.15, 0.2) is 187 Å². The maximum absolute atomic E-state index is 18.0. The molecule has 0 radical (unpaired) electrons. The lowest BCUT2D eigenvalue weighted by Crippen LogP contribution is -2.47. The molecule has 0 unspecified atom stereocenters. The first kappa shape index (κ1) is 46.2. The third kappa shape index (κ3) is 8.96. The summed E-state index contributed by atoms with van der Waals surface area (Å²) in [5, 5.41) is 3.52. The Bertz CT molecular complexity index is 2640. The van der Waals surface area contributed by atoms with Gasteiger partial charge in [-0.15, -0.1) is 0 Å². The SMILES string of the molecule is COc1ccc(C(Nc2ccn([C@@H]3O[C@H](CO[Si](C)(C)C(C)(C)C)[C@@H](OC(c4ccccc4)(c4ccccc4)c4ccc(OC)cc4)[C@H]3F)c(=O)n2)(c2ccccc2)c2ccccc2)cc1. The Kier molecular flexibility index (Phi) is 13.4. The summed E-state index contributed by atoms with van der Waals surface area (Å²) in [6, 6.07) is 56.7. The summed E-state index contributed by atoms with van der Waals surface area (Å²) in [4.78, 5) is 19.1. The van der Waals surface area contributed by atoms with Crippen molar-refractivity contribution in [2.75, 3.05) is 26.1 Å². The second kappa shape index (κ2) is 19.2. The summed E-state index contributed by atoms with van der Waals surface area (Å²) in [5.41, 5.74) is 2.01. The van der Waals surface area contributed by atoms with Crippen LogP contribution in [0.4, 0.5) is 10.2 Å². The second-order valence-corrected chi connectivity index (χ2v) is 23.0. The number of ether oxygens (including phenoxy) is 4. The zero-order valence-electron chi connectivity index (χ0n) is 38.6. The van der Waals surface area contributed by atoms with Crippen LogP contribution in [0.25, 0.3) is 0 Å². The highest BCUT2D eigenvalue weighted by Gasteiger charge is 2.53. The standard InChI is InChI=1S/C55H58FN3O6Si/c1-53(2,3)66(6,7)63-38-47-50(65-55(42-24-16-10-17-25-42,43-26-18-11-19-27-43)44-30-34-46(62-5)35-31-44)49(56)51(64-47)59-37-36-48(57-52(59)60)58-54(39-20-12-8-13-21-39,40-22-14-9-15-23-40)41-28-32-45(61-4)33-29-41/h8-37,47,49-51H,38H2,1-7H3,(H,57,58,60)/t47-,49-,50-,51-/m1/s1. The Labute approximate surface area is 388 Å². The van der Waals surface area contributed by atoms with Crippen LogP contribution in [-0.4, -0.2) is 57.1 Å². The summed E-state index contributed by atoms with van der Waals surface area (Å²) in [6.07, 6.45) is -3.83. The maximum Gasteiger partial charge on any atom is 0.351 e. The van der Waals surface area contributed by atoms with Gasteiger partial charge in [0.1, 0.15) is 40.7 Å². The Balaban J connectivity index is 1.22. The number of rotatable bonds is 16. The van der Waals surface area contributed by atoms with E-state index in [1.54, 1.807) is 26.5 Å². The van der Waals surface area contributed by atoms with E-state index in [0.29, 0.717) is 11.5 Å². The van der Waals surface area contributed by atoms with Crippen molar-refractivity contribution < 1.29 is 27.8 Å². The fourth-order valence-electron chi connectivity index (χ4n) is 8.58. The van der Waals surface area contributed by atoms with Crippen molar-refractivity contribution in [1.82, 2.24) is 9.55 Å². The lowest BCUT2D eigenvalue weighted by molar-refractivity contribution is -0.103. The first-order chi connectivity index (χ1) is 31.8. The van der Waals surface area contributed by atoms with Crippen molar-refractivity contribution in [2.24, 2.45) is 0 Å². The fraction of sp³-hybridized carbons (Fsp3) is 0.273. The summed E-state index contributed by atoms with van der Waals surface area (Å²) in [7, 11) is 0.864. The largest absolute Gasteiger partial charge is 0.497 e. The van der Waals surface area contributed by atoms with Crippen LogP contribution in [0.5, 0.6) is 11.5 Å². The lowest BCUT2D eigenvalue weighted by Gasteiger charge is -2.40. The normalized spacial score (nSPS) is 17.9. The molecule has 8 rings (SSSR count). The molecular weight excluding hydrogens is 846 g/mol. The molecule has 1 aromatic heterocycles. The Morgan fingerprint density at radius 1 is 0.636 bits per heavy atom. The van der Waals surface area contributed by atoms with E-state index in [1.165, 1.54) is 4.57 Å². The van der Waals surface area contributed by atoms with Gasteiger partial charge in [-0.3, -0.25) is 4.57 Å². The van der Waals surface area contributed by atoms with E-state index in [9.17, 15) is 4.79 Å². The van der Waals surface area contributed by atoms with Crippen LogP contribution >= 0.6 is 0 Å². The number of nitrogens with zero attached hydrogens (tertiary/aromatic N) is 2. The minimum absolute atomic E-state index is 0.0424. The molecule has 2 heterocycles. The number of benzene rings is 6. The van der Waals surface area contributed by atoms with Crippen LogP contribution in [0.1, 0.15) is 60.4 Å². The molecule has 0 amide bonds. The summed E-state index contributed by atoms with van der Waals surface area (Å²) in [5.74, 6) is 1.65. The molecule has 340 valence electrons. The zero-order chi connectivity index (χ0) is 46.5. The molecule has 1 aliphatic heterocycles. The molecule has 0 aliphatic carbocycles. The van der Waals surface area contributed by atoms with Gasteiger partial charge in [0.05, 0.1) is 20.8 Å². The summed E-state index contributed by atoms with van der Waals surface area (Å²) in [6.45, 7) is 10.8. The van der Waals surface area contributed by atoms with Gasteiger partial charge < -0.3 is 28.7 Å². The molecule has 11 heteroatoms. The predicted octanol–water partition coefficient (Wildman–Crippen LogP) is 11.3. The average molecular weight is 904 g/mol. The van der Waals surface area contributed by atoms with Crippen LogP contribution in [0.3, 0.4) is 0 Å². The predicted molar refractivity (Wildman–Crippen MR) is 260 cm³/mol. The molecule has 0 bridgehead atoms. The Hall–Kier alpha value is -6.37. The van der Waals surface area contributed by atoms with Crippen molar-refractivity contribution in [3.8, 4) is 11.5 Å². The fourth-order valence-corrected chi connectivity index (χ4v) is 9.60. The van der Waals surface area contributed by atoms with E-state index in [-0.39, 0.29) is 17.5 Å². The summed E-state index contributed by atoms with van der Waals surface area (Å²) >= 11 is 0. The van der Waals surface area contributed by atoms with E-state index in [1.807, 2.05) is 170 Å². The van der Waals surface area contributed by atoms with Crippen molar-refractivity contribution in [3.63, 3.8) is 0 Å². The van der Waals surface area contributed by atoms with Gasteiger partial charge in [0.25, 0.3) is 0 Å². The first-order valence-electron chi connectivity index (χ1n) is 22.3. The molecule has 1 fully saturated rings. The number of methoxy groups -OCH3 is 2. The molecule has 1 aliphatic rings. The average Bonchev–Trinajstić information content (AvgIpc) is 3.65. The van der Waals surface area contributed by atoms with Crippen molar-refractivity contribution in [2.45, 2.75) is 74.7 Å². The number of halogens is 1. The van der Waals surface area contributed by atoms with Crippen LogP contribution in [0.2, 0.25) is 18.1 Å². The van der Waals surface area contributed by atoms with E-state index in [0.717, 1.165) is 33.4 Å². The maximum atomic E-state index is 18.0. The van der Waals surface area contributed by atoms with Gasteiger partial charge in [0, 0.05) is 6.20 Å². The number of alkyl halides is 1. The Morgan fingerprint density at radius 3 is 1.50 bits per heavy atom. The number of nitrogens with one attached hydrogen (secondary N) is 1. The first-order valence-corrected chi connectivity index (χ1v) is 25.2. The molecule has 6 aromatic carbocycles. The number of aromatic nitrogens is 2. The third-order valence-electron chi connectivity index (χ3n) is 13.2. The molecule has 0 spiro atoms. The highest BCUT2D eigenvalue weighted by Crippen LogP contribution is 2.47. The number of anilines is 1. The number of hydrogen-bond acceptors (Lipinski definition) is 8. The molecule has 7 aromatic rings. The van der Waals surface area contributed by atoms with Gasteiger partial charge in [-0.2, -0.15) is 4.98 Å². The third-order valence-corrected chi connectivity index (χ3v) is 17.7. The van der Waals surface area contributed by atoms with Gasteiger partial charge >= 0.3 is 5.69 Å². The second-order valence-electron chi connectivity index (χ2n) is 18.1. The highest BCUT2D eigenvalue weighted by atomic mass is 28.4. The topological polar surface area (TPSA) is 93.1 Å². The minimum atomic E-state index is -2.39. The lowest BCUT2D eigenvalue weighted by atomic mass is 9.77. The van der Waals surface area contributed by atoms with E-state index in [4.69, 9.17) is 23.4 Å². The molecule has 4 atom stereocenters. The van der Waals surface area contributed by atoms with Crippen LogP contribution in [-0.2, 0) is 25.0 Å². The highest BCUT2D eigenvalue weighted by molar-refractivity contribution is 6.74. The molecular formula is C55H58FN3O6Si. The summed E-state index contributed by atoms with van der Waals surface area (Å²) < 4.78 is 51.1. The zero-order valence-corrected chi connectivity index (χ0v) is 39.6. The van der Waals surface area contributed by atoms with Crippen molar-refractivity contribution in [3.05, 3.63) is 226 Å². The molecule has 66 heavy (non-hydrogen) atoms. The van der Waals surface area contributed by atoms with Gasteiger partial charge in [-0.1, -0.05) is 166 Å². The minimum Gasteiger partial charge on any atom is -0.497 e. The van der Waals surface area contributed by atoms with E-state index >= 15 is 4.39 Å². The molecule has 0 saturated carbocycles. The van der Waals surface area contributed by atoms with Gasteiger partial charge in [0.15, 0.2) is 20.7 Å². The van der Waals surface area contributed by atoms with E-state index in [2.05, 4.69) is 44.2 Å². The monoisotopic (exact) mass is 903 g/mol. The smallest absolute Gasteiger partial charge is 0.351 e. The number of hydrogen-bond donors (Lipinski definition) is 1. The Morgan fingerprint density at radius 2 is 1.06 bits per heavy atom. The van der Waals surface area contributed by atoms with Crippen LogP contribution in [0, 0.1) is 0 Å². The van der Waals surface area contributed by atoms with Gasteiger partial charge in [0.2, 0.25) is 0 Å². The van der Waals surface area contributed by atoms with Crippen LogP contribution < -0.4 is 20.5 Å². The molecule has 1 saturated heterocycles. The quantitative estimate of drug-likeness (QED) is 0.0757. The van der Waals surface area contributed by atoms with Crippen molar-refractivity contribution in [1.29, 1.82) is 0 Å². The molecule has 1 N–H and O–H groups in total. The van der Waals surface area contributed by atoms with E-state index < -0.39 is 49.8 Å². The van der Waals surface area contributed by atoms with Gasteiger partial charge in [-0.25, -0.2) is 9.18 Å². The molecule has 9 nitrogen and oxygen atoms in total. The van der Waals surface area contributed by atoms with Crippen molar-refractivity contribution >= 4 is 14.1 Å². The van der Waals surface area contributed by atoms with Gasteiger partial charge in [-0.05, 0) is 81.8 Å².